The molecule has 4 N–H and O–H groups in total. The van der Waals surface area contributed by atoms with Crippen molar-refractivity contribution in [2.24, 2.45) is 5.84 Å². The Bertz CT molecular complexity index is 563. The van der Waals surface area contributed by atoms with Crippen molar-refractivity contribution in [1.29, 1.82) is 0 Å². The third kappa shape index (κ3) is 3.54. The number of nitrogens with zero attached hydrogens (tertiary/aromatic N) is 6. The van der Waals surface area contributed by atoms with E-state index >= 15 is 0 Å². The summed E-state index contributed by atoms with van der Waals surface area (Å²) in [6, 6.07) is 0. The molecule has 20 heavy (non-hydrogen) atoms. The molecule has 0 saturated heterocycles. The number of hydrazine groups is 1. The van der Waals surface area contributed by atoms with Crippen molar-refractivity contribution in [2.45, 2.75) is 13.5 Å². The number of nitrogens with two attached hydrogens (primary N) is 1. The van der Waals surface area contributed by atoms with Crippen molar-refractivity contribution in [2.75, 3.05) is 36.3 Å². The highest BCUT2D eigenvalue weighted by atomic mass is 15.4. The Morgan fingerprint density at radius 3 is 2.60 bits per heavy atom. The number of hydrogen-bond acceptors (Lipinski definition) is 8. The van der Waals surface area contributed by atoms with E-state index in [1.807, 2.05) is 38.1 Å². The Labute approximate surface area is 117 Å². The fourth-order valence-electron chi connectivity index (χ4n) is 1.58. The molecule has 0 aliphatic carbocycles. The Hall–Kier alpha value is -2.42. The normalized spacial score (nSPS) is 10.4. The minimum Gasteiger partial charge on any atom is -0.352 e. The molecule has 0 amide bonds. The van der Waals surface area contributed by atoms with Crippen molar-refractivity contribution in [3.8, 4) is 0 Å². The molecular formula is C11H19N9. The highest BCUT2D eigenvalue weighted by Gasteiger charge is 2.07. The first-order valence-electron chi connectivity index (χ1n) is 6.21. The molecule has 0 aliphatic rings. The summed E-state index contributed by atoms with van der Waals surface area (Å²) in [5.41, 5.74) is 3.56. The van der Waals surface area contributed by atoms with E-state index in [1.165, 1.54) is 0 Å². The maximum absolute atomic E-state index is 5.35. The van der Waals surface area contributed by atoms with Gasteiger partial charge in [0.1, 0.15) is 0 Å². The van der Waals surface area contributed by atoms with Crippen molar-refractivity contribution in [3.63, 3.8) is 0 Å². The van der Waals surface area contributed by atoms with Crippen LogP contribution >= 0.6 is 0 Å². The van der Waals surface area contributed by atoms with Crippen LogP contribution in [0.1, 0.15) is 5.56 Å². The molecule has 0 unspecified atom stereocenters. The SMILES string of the molecule is Cc1cnn(CCNc2nc(NN)nc(N(C)C)n2)c1. The quantitative estimate of drug-likeness (QED) is 0.493. The van der Waals surface area contributed by atoms with E-state index in [0.717, 1.165) is 12.1 Å². The van der Waals surface area contributed by atoms with Crippen molar-refractivity contribution in [3.05, 3.63) is 18.0 Å². The summed E-state index contributed by atoms with van der Waals surface area (Å²) in [4.78, 5) is 14.3. The average molecular weight is 277 g/mol. The van der Waals surface area contributed by atoms with Gasteiger partial charge >= 0.3 is 0 Å². The van der Waals surface area contributed by atoms with Crippen LogP contribution in [0.15, 0.2) is 12.4 Å². The summed E-state index contributed by atoms with van der Waals surface area (Å²) in [6.45, 7) is 3.38. The minimum absolute atomic E-state index is 0.320. The van der Waals surface area contributed by atoms with Crippen LogP contribution in [0.4, 0.5) is 17.8 Å². The van der Waals surface area contributed by atoms with Crippen LogP contribution in [0, 0.1) is 6.92 Å². The number of anilines is 3. The summed E-state index contributed by atoms with van der Waals surface area (Å²) in [5.74, 6) is 6.67. The number of nitrogens with one attached hydrogen (secondary N) is 2. The Kier molecular flexibility index (Phi) is 4.31. The molecule has 0 saturated carbocycles. The molecule has 0 atom stereocenters. The lowest BCUT2D eigenvalue weighted by molar-refractivity contribution is 0.635. The number of aromatic nitrogens is 5. The van der Waals surface area contributed by atoms with Crippen molar-refractivity contribution < 1.29 is 0 Å². The molecule has 0 radical (unpaired) electrons. The van der Waals surface area contributed by atoms with Crippen LogP contribution in [0.5, 0.6) is 0 Å². The first-order chi connectivity index (χ1) is 9.58. The molecule has 2 aromatic heterocycles. The maximum Gasteiger partial charge on any atom is 0.243 e. The third-order valence-electron chi connectivity index (χ3n) is 2.54. The van der Waals surface area contributed by atoms with Gasteiger partial charge in [-0.15, -0.1) is 0 Å². The van der Waals surface area contributed by atoms with Gasteiger partial charge in [-0.05, 0) is 12.5 Å². The molecule has 108 valence electrons. The molecule has 9 nitrogen and oxygen atoms in total. The molecule has 0 fully saturated rings. The lowest BCUT2D eigenvalue weighted by atomic mass is 10.4. The van der Waals surface area contributed by atoms with Gasteiger partial charge in [0.05, 0.1) is 12.7 Å². The summed E-state index contributed by atoms with van der Waals surface area (Å²) in [7, 11) is 3.71. The predicted octanol–water partition coefficient (Wildman–Crippen LogP) is -0.160. The smallest absolute Gasteiger partial charge is 0.243 e. The van der Waals surface area contributed by atoms with Crippen LogP contribution in [0.25, 0.3) is 0 Å². The third-order valence-corrected chi connectivity index (χ3v) is 2.54. The Morgan fingerprint density at radius 2 is 2.00 bits per heavy atom. The fraction of sp³-hybridized carbons (Fsp3) is 0.455. The lowest BCUT2D eigenvalue weighted by Crippen LogP contribution is -2.20. The van der Waals surface area contributed by atoms with Crippen LogP contribution in [-0.4, -0.2) is 45.4 Å². The van der Waals surface area contributed by atoms with Gasteiger partial charge < -0.3 is 10.2 Å². The van der Waals surface area contributed by atoms with Gasteiger partial charge in [0, 0.05) is 26.8 Å². The summed E-state index contributed by atoms with van der Waals surface area (Å²) in [5, 5.41) is 7.34. The Morgan fingerprint density at radius 1 is 1.25 bits per heavy atom. The van der Waals surface area contributed by atoms with Gasteiger partial charge in [-0.25, -0.2) is 5.84 Å². The number of hydrogen-bond donors (Lipinski definition) is 3. The molecule has 2 rings (SSSR count). The first-order valence-corrected chi connectivity index (χ1v) is 6.21. The highest BCUT2D eigenvalue weighted by Crippen LogP contribution is 2.10. The van der Waals surface area contributed by atoms with Crippen molar-refractivity contribution in [1.82, 2.24) is 24.7 Å². The predicted molar refractivity (Wildman–Crippen MR) is 77.4 cm³/mol. The fourth-order valence-corrected chi connectivity index (χ4v) is 1.58. The van der Waals surface area contributed by atoms with Gasteiger partial charge in [-0.1, -0.05) is 0 Å². The van der Waals surface area contributed by atoms with E-state index in [4.69, 9.17) is 5.84 Å². The van der Waals surface area contributed by atoms with E-state index in [-0.39, 0.29) is 0 Å². The molecule has 0 spiro atoms. The summed E-state index contributed by atoms with van der Waals surface area (Å²) >= 11 is 0. The minimum atomic E-state index is 0.320. The van der Waals surface area contributed by atoms with Gasteiger partial charge in [-0.3, -0.25) is 10.1 Å². The standard InChI is InChI=1S/C11H19N9/c1-8-6-14-20(7-8)5-4-13-9-15-10(18-12)17-11(16-9)19(2)3/h6-7H,4-5,12H2,1-3H3,(H2,13,15,16,17,18). The number of rotatable bonds is 6. The van der Waals surface area contributed by atoms with Gasteiger partial charge in [-0.2, -0.15) is 20.1 Å². The first kappa shape index (κ1) is 14.0. The zero-order valence-corrected chi connectivity index (χ0v) is 11.8. The van der Waals surface area contributed by atoms with Gasteiger partial charge in [0.15, 0.2) is 0 Å². The molecule has 0 aliphatic heterocycles. The van der Waals surface area contributed by atoms with Gasteiger partial charge in [0.2, 0.25) is 17.8 Å². The molecule has 9 heteroatoms. The largest absolute Gasteiger partial charge is 0.352 e. The number of aryl methyl sites for hydroxylation is 1. The van der Waals surface area contributed by atoms with E-state index in [1.54, 1.807) is 4.90 Å². The van der Waals surface area contributed by atoms with Crippen LogP contribution in [0.2, 0.25) is 0 Å². The summed E-state index contributed by atoms with van der Waals surface area (Å²) < 4.78 is 1.86. The zero-order valence-electron chi connectivity index (χ0n) is 11.8. The van der Waals surface area contributed by atoms with Crippen LogP contribution < -0.4 is 21.5 Å². The summed E-state index contributed by atoms with van der Waals surface area (Å²) in [6.07, 6.45) is 3.80. The van der Waals surface area contributed by atoms with E-state index in [9.17, 15) is 0 Å². The topological polar surface area (TPSA) is 110 Å². The maximum atomic E-state index is 5.35. The second kappa shape index (κ2) is 6.15. The lowest BCUT2D eigenvalue weighted by Gasteiger charge is -2.13. The van der Waals surface area contributed by atoms with Crippen LogP contribution in [0.3, 0.4) is 0 Å². The second-order valence-electron chi connectivity index (χ2n) is 4.53. The van der Waals surface area contributed by atoms with E-state index in [2.05, 4.69) is 30.8 Å². The monoisotopic (exact) mass is 277 g/mol. The average Bonchev–Trinajstić information content (AvgIpc) is 2.84. The van der Waals surface area contributed by atoms with E-state index in [0.29, 0.717) is 24.4 Å². The molecule has 2 heterocycles. The van der Waals surface area contributed by atoms with Crippen LogP contribution in [-0.2, 0) is 6.54 Å². The zero-order chi connectivity index (χ0) is 14.5. The molecular weight excluding hydrogens is 258 g/mol. The highest BCUT2D eigenvalue weighted by molar-refractivity contribution is 5.42. The van der Waals surface area contributed by atoms with Gasteiger partial charge in [0.25, 0.3) is 0 Å². The molecule has 0 bridgehead atoms. The number of nitrogen functional groups attached to an aromatic ring is 1. The molecule has 0 aromatic carbocycles. The second-order valence-corrected chi connectivity index (χ2v) is 4.53. The Balaban J connectivity index is 1.99. The van der Waals surface area contributed by atoms with Crippen molar-refractivity contribution >= 4 is 17.8 Å². The molecule has 2 aromatic rings. The van der Waals surface area contributed by atoms with E-state index < -0.39 is 0 Å².